The van der Waals surface area contributed by atoms with Gasteiger partial charge in [-0.15, -0.1) is 11.3 Å². The minimum absolute atomic E-state index is 0.348. The maximum atomic E-state index is 11.4. The molecule has 0 aliphatic carbocycles. The summed E-state index contributed by atoms with van der Waals surface area (Å²) in [5.74, 6) is 0. The number of hydrogen-bond donors (Lipinski definition) is 3. The molecule has 0 atom stereocenters. The van der Waals surface area contributed by atoms with Gasteiger partial charge < -0.3 is 0 Å². The van der Waals surface area contributed by atoms with E-state index in [1.165, 1.54) is 11.3 Å². The van der Waals surface area contributed by atoms with Crippen molar-refractivity contribution in [2.75, 3.05) is 10.7 Å². The number of hydrogen-bond acceptors (Lipinski definition) is 4. The van der Waals surface area contributed by atoms with E-state index < -0.39 is 0 Å². The van der Waals surface area contributed by atoms with Crippen LogP contribution < -0.4 is 16.2 Å². The number of hydrazine groups is 1. The molecule has 0 bridgehead atoms. The molecular formula is C10H10N4OS. The van der Waals surface area contributed by atoms with Gasteiger partial charge in [0.05, 0.1) is 5.69 Å². The molecule has 0 saturated heterocycles. The molecule has 82 valence electrons. The molecule has 0 aliphatic heterocycles. The van der Waals surface area contributed by atoms with E-state index in [0.29, 0.717) is 5.13 Å². The molecule has 0 spiro atoms. The first-order chi connectivity index (χ1) is 7.84. The average Bonchev–Trinajstić information content (AvgIpc) is 2.81. The second kappa shape index (κ2) is 5.13. The number of thiazole rings is 1. The van der Waals surface area contributed by atoms with Gasteiger partial charge in [0.1, 0.15) is 0 Å². The lowest BCUT2D eigenvalue weighted by molar-refractivity contribution is 0.254. The van der Waals surface area contributed by atoms with Crippen molar-refractivity contribution in [3.05, 3.63) is 41.9 Å². The summed E-state index contributed by atoms with van der Waals surface area (Å²) in [5.41, 5.74) is 6.09. The van der Waals surface area contributed by atoms with Crippen LogP contribution in [0, 0.1) is 0 Å². The van der Waals surface area contributed by atoms with Gasteiger partial charge in [-0.25, -0.2) is 9.78 Å². The maximum absolute atomic E-state index is 11.4. The highest BCUT2D eigenvalue weighted by Gasteiger charge is 2.01. The zero-order chi connectivity index (χ0) is 11.2. The second-order valence-corrected chi connectivity index (χ2v) is 3.80. The number of urea groups is 1. The smallest absolute Gasteiger partial charge is 0.297 e. The Morgan fingerprint density at radius 2 is 2.06 bits per heavy atom. The van der Waals surface area contributed by atoms with Gasteiger partial charge in [0.2, 0.25) is 0 Å². The molecule has 0 saturated carbocycles. The van der Waals surface area contributed by atoms with Gasteiger partial charge in [0.25, 0.3) is 0 Å². The first-order valence-corrected chi connectivity index (χ1v) is 5.50. The lowest BCUT2D eigenvalue weighted by Crippen LogP contribution is -2.33. The first-order valence-electron chi connectivity index (χ1n) is 4.62. The van der Waals surface area contributed by atoms with Gasteiger partial charge in [-0.3, -0.25) is 16.2 Å². The average molecular weight is 234 g/mol. The Balaban J connectivity index is 1.80. The Labute approximate surface area is 96.5 Å². The van der Waals surface area contributed by atoms with Crippen molar-refractivity contribution in [3.8, 4) is 0 Å². The van der Waals surface area contributed by atoms with Crippen molar-refractivity contribution in [1.82, 2.24) is 10.4 Å². The van der Waals surface area contributed by atoms with Gasteiger partial charge in [0, 0.05) is 11.6 Å². The molecule has 5 nitrogen and oxygen atoms in total. The van der Waals surface area contributed by atoms with Crippen LogP contribution in [0.15, 0.2) is 41.9 Å². The number of carbonyl (C=O) groups excluding carboxylic acids is 1. The molecule has 3 N–H and O–H groups in total. The zero-order valence-corrected chi connectivity index (χ0v) is 9.12. The van der Waals surface area contributed by atoms with E-state index in [9.17, 15) is 4.79 Å². The molecule has 2 rings (SSSR count). The third-order valence-corrected chi connectivity index (χ3v) is 2.44. The Morgan fingerprint density at radius 3 is 2.75 bits per heavy atom. The predicted octanol–water partition coefficient (Wildman–Crippen LogP) is 2.29. The summed E-state index contributed by atoms with van der Waals surface area (Å²) in [4.78, 5) is 15.3. The lowest BCUT2D eigenvalue weighted by Gasteiger charge is -2.07. The number of anilines is 2. The Bertz CT molecular complexity index is 443. The van der Waals surface area contributed by atoms with E-state index in [1.54, 1.807) is 11.6 Å². The summed E-state index contributed by atoms with van der Waals surface area (Å²) in [6.45, 7) is 0. The molecule has 0 unspecified atom stereocenters. The summed E-state index contributed by atoms with van der Waals surface area (Å²) in [5, 5.41) is 4.94. The molecule has 16 heavy (non-hydrogen) atoms. The highest BCUT2D eigenvalue weighted by atomic mass is 32.1. The van der Waals surface area contributed by atoms with Crippen molar-refractivity contribution in [2.24, 2.45) is 0 Å². The van der Waals surface area contributed by atoms with E-state index in [0.717, 1.165) is 5.69 Å². The SMILES string of the molecule is O=C(NNc1ccccc1)Nc1nccs1. The quantitative estimate of drug-likeness (QED) is 0.714. The summed E-state index contributed by atoms with van der Waals surface area (Å²) in [6, 6.07) is 9.01. The predicted molar refractivity (Wildman–Crippen MR) is 64.3 cm³/mol. The molecule has 0 fully saturated rings. The van der Waals surface area contributed by atoms with Crippen molar-refractivity contribution in [1.29, 1.82) is 0 Å². The second-order valence-electron chi connectivity index (χ2n) is 2.91. The topological polar surface area (TPSA) is 66.1 Å². The van der Waals surface area contributed by atoms with Crippen LogP contribution in [0.2, 0.25) is 0 Å². The van der Waals surface area contributed by atoms with Crippen LogP contribution in [-0.4, -0.2) is 11.0 Å². The van der Waals surface area contributed by atoms with Crippen LogP contribution in [-0.2, 0) is 0 Å². The molecule has 1 aromatic heterocycles. The summed E-state index contributed by atoms with van der Waals surface area (Å²) in [7, 11) is 0. The molecule has 1 heterocycles. The number of aromatic nitrogens is 1. The molecule has 6 heteroatoms. The van der Waals surface area contributed by atoms with Crippen LogP contribution >= 0.6 is 11.3 Å². The molecular weight excluding hydrogens is 224 g/mol. The Morgan fingerprint density at radius 1 is 1.25 bits per heavy atom. The zero-order valence-electron chi connectivity index (χ0n) is 8.31. The maximum Gasteiger partial charge on any atom is 0.339 e. The van der Waals surface area contributed by atoms with Crippen LogP contribution in [0.4, 0.5) is 15.6 Å². The highest BCUT2D eigenvalue weighted by molar-refractivity contribution is 7.13. The van der Waals surface area contributed by atoms with Gasteiger partial charge in [-0.05, 0) is 12.1 Å². The Kier molecular flexibility index (Phi) is 3.35. The molecule has 2 aromatic rings. The van der Waals surface area contributed by atoms with Crippen molar-refractivity contribution in [2.45, 2.75) is 0 Å². The Hall–Kier alpha value is -2.08. The number of nitrogens with zero attached hydrogens (tertiary/aromatic N) is 1. The molecule has 0 radical (unpaired) electrons. The van der Waals surface area contributed by atoms with E-state index in [-0.39, 0.29) is 6.03 Å². The number of benzene rings is 1. The van der Waals surface area contributed by atoms with E-state index >= 15 is 0 Å². The molecule has 0 aliphatic rings. The van der Waals surface area contributed by atoms with Crippen LogP contribution in [0.1, 0.15) is 0 Å². The van der Waals surface area contributed by atoms with Crippen molar-refractivity contribution in [3.63, 3.8) is 0 Å². The normalized spacial score (nSPS) is 9.50. The number of rotatable bonds is 3. The monoisotopic (exact) mass is 234 g/mol. The lowest BCUT2D eigenvalue weighted by atomic mass is 10.3. The van der Waals surface area contributed by atoms with E-state index in [4.69, 9.17) is 0 Å². The fraction of sp³-hybridized carbons (Fsp3) is 0. The van der Waals surface area contributed by atoms with Gasteiger partial charge in [0.15, 0.2) is 5.13 Å². The number of para-hydroxylation sites is 1. The van der Waals surface area contributed by atoms with Gasteiger partial charge in [-0.2, -0.15) is 0 Å². The third-order valence-electron chi connectivity index (χ3n) is 1.75. The molecule has 2 amide bonds. The van der Waals surface area contributed by atoms with Gasteiger partial charge in [-0.1, -0.05) is 18.2 Å². The van der Waals surface area contributed by atoms with E-state index in [1.807, 2.05) is 30.3 Å². The fourth-order valence-corrected chi connectivity index (χ4v) is 1.59. The number of amides is 2. The highest BCUT2D eigenvalue weighted by Crippen LogP contribution is 2.09. The summed E-state index contributed by atoms with van der Waals surface area (Å²) in [6.07, 6.45) is 1.63. The van der Waals surface area contributed by atoms with Crippen LogP contribution in [0.3, 0.4) is 0 Å². The molecule has 1 aromatic carbocycles. The van der Waals surface area contributed by atoms with Crippen molar-refractivity contribution >= 4 is 28.2 Å². The van der Waals surface area contributed by atoms with Crippen LogP contribution in [0.25, 0.3) is 0 Å². The van der Waals surface area contributed by atoms with Crippen molar-refractivity contribution < 1.29 is 4.79 Å². The number of carbonyl (C=O) groups is 1. The summed E-state index contributed by atoms with van der Waals surface area (Å²) < 4.78 is 0. The fourth-order valence-electron chi connectivity index (χ4n) is 1.06. The van der Waals surface area contributed by atoms with Gasteiger partial charge >= 0.3 is 6.03 Å². The minimum Gasteiger partial charge on any atom is -0.297 e. The standard InChI is InChI=1S/C10H10N4OS/c15-9(12-10-11-6-7-16-10)14-13-8-4-2-1-3-5-8/h1-7,13H,(H2,11,12,14,15). The summed E-state index contributed by atoms with van der Waals surface area (Å²) >= 11 is 1.36. The largest absolute Gasteiger partial charge is 0.339 e. The van der Waals surface area contributed by atoms with Crippen LogP contribution in [0.5, 0.6) is 0 Å². The third kappa shape index (κ3) is 2.96. The minimum atomic E-state index is -0.348. The number of nitrogens with one attached hydrogen (secondary N) is 3. The van der Waals surface area contributed by atoms with E-state index in [2.05, 4.69) is 21.2 Å². The first kappa shape index (κ1) is 10.4.